The van der Waals surface area contributed by atoms with Gasteiger partial charge < -0.3 is 35.4 Å². The first-order chi connectivity index (χ1) is 22.8. The molecule has 2 saturated heterocycles. The number of rotatable bonds is 12. The zero-order valence-electron chi connectivity index (χ0n) is 27.7. The molecular weight excluding hydrogens is 616 g/mol. The van der Waals surface area contributed by atoms with Crippen LogP contribution in [-0.2, 0) is 11.2 Å². The highest BCUT2D eigenvalue weighted by Crippen LogP contribution is 2.45. The first-order valence-electron chi connectivity index (χ1n) is 16.8. The van der Waals surface area contributed by atoms with Crippen molar-refractivity contribution in [2.24, 2.45) is 5.92 Å². The molecule has 1 atom stereocenters. The molecule has 2 aromatic rings. The van der Waals surface area contributed by atoms with Gasteiger partial charge in [0.2, 0.25) is 6.41 Å². The number of ether oxygens (including phenoxy) is 2. The molecule has 3 fully saturated rings. The van der Waals surface area contributed by atoms with Gasteiger partial charge in [0.1, 0.15) is 23.4 Å². The Morgan fingerprint density at radius 2 is 1.66 bits per heavy atom. The van der Waals surface area contributed by atoms with Crippen LogP contribution in [0.3, 0.4) is 0 Å². The first-order valence-corrected chi connectivity index (χ1v) is 16.8. The number of benzene rings is 2. The third-order valence-corrected chi connectivity index (χ3v) is 8.97. The lowest BCUT2D eigenvalue weighted by Crippen LogP contribution is -2.43. The van der Waals surface area contributed by atoms with Crippen LogP contribution < -0.4 is 30.3 Å². The molecule has 2 aromatic carbocycles. The van der Waals surface area contributed by atoms with Crippen LogP contribution in [0.1, 0.15) is 68.4 Å². The number of carbonyl (C=O) groups is 1. The summed E-state index contributed by atoms with van der Waals surface area (Å²) in [4.78, 5) is 12.9. The van der Waals surface area contributed by atoms with Gasteiger partial charge in [-0.25, -0.2) is 4.39 Å². The maximum atomic E-state index is 14.5. The summed E-state index contributed by atoms with van der Waals surface area (Å²) in [6, 6.07) is 10.7. The Morgan fingerprint density at radius 3 is 2.26 bits per heavy atom. The molecular formula is C35H52F4N4O4. The van der Waals surface area contributed by atoms with Crippen LogP contribution in [0, 0.1) is 11.7 Å². The molecule has 12 heteroatoms. The van der Waals surface area contributed by atoms with Gasteiger partial charge in [-0.1, -0.05) is 12.1 Å². The van der Waals surface area contributed by atoms with E-state index in [0.717, 1.165) is 50.1 Å². The van der Waals surface area contributed by atoms with Crippen LogP contribution in [0.2, 0.25) is 0 Å². The summed E-state index contributed by atoms with van der Waals surface area (Å²) in [5, 5.41) is 16.2. The molecule has 0 radical (unpaired) electrons. The molecule has 1 aliphatic carbocycles. The van der Waals surface area contributed by atoms with Crippen molar-refractivity contribution in [1.82, 2.24) is 16.0 Å². The van der Waals surface area contributed by atoms with E-state index < -0.39 is 12.1 Å². The van der Waals surface area contributed by atoms with E-state index in [9.17, 15) is 22.4 Å². The van der Waals surface area contributed by atoms with Gasteiger partial charge in [0.15, 0.2) is 0 Å². The lowest BCUT2D eigenvalue weighted by Gasteiger charge is -2.31. The number of methoxy groups -OCH3 is 1. The minimum absolute atomic E-state index is 0.0213. The van der Waals surface area contributed by atoms with Crippen LogP contribution in [0.5, 0.6) is 11.5 Å². The Hall–Kier alpha value is -3.09. The number of amides is 1. The van der Waals surface area contributed by atoms with Gasteiger partial charge in [0.05, 0.1) is 13.0 Å². The standard InChI is InChI=1S/C30H39F4N3O3.C4H9N.CH4O/c1-39-29-9-3-21(16-28(29)22-4-6-23(7-5-22)30(32,33)34)2-8-26(10-11-36-20-38)40-27-18-24(31)17-25(19-27)37-14-12-35-13-15-37;1-2-4-5-3-1;1-2/h3,9,16-20,22-23,26,35H,2,4-8,10-15H2,1H3,(H,36,38);5H,1-4H2;2H,1H3. The van der Waals surface area contributed by atoms with E-state index in [-0.39, 0.29) is 30.7 Å². The minimum Gasteiger partial charge on any atom is -0.496 e. The predicted octanol–water partition coefficient (Wildman–Crippen LogP) is 5.57. The van der Waals surface area contributed by atoms with E-state index in [2.05, 4.69) is 20.9 Å². The van der Waals surface area contributed by atoms with Crippen LogP contribution >= 0.6 is 0 Å². The zero-order chi connectivity index (χ0) is 34.1. The number of piperazine rings is 1. The lowest BCUT2D eigenvalue weighted by molar-refractivity contribution is -0.182. The fourth-order valence-corrected chi connectivity index (χ4v) is 6.42. The van der Waals surface area contributed by atoms with Gasteiger partial charge >= 0.3 is 6.18 Å². The normalized spacial score (nSPS) is 20.2. The summed E-state index contributed by atoms with van der Waals surface area (Å²) in [6.45, 7) is 6.16. The molecule has 1 amide bonds. The second kappa shape index (κ2) is 20.3. The number of anilines is 1. The maximum absolute atomic E-state index is 14.5. The molecule has 8 nitrogen and oxygen atoms in total. The lowest BCUT2D eigenvalue weighted by atomic mass is 9.77. The van der Waals surface area contributed by atoms with E-state index in [4.69, 9.17) is 14.6 Å². The molecule has 0 spiro atoms. The van der Waals surface area contributed by atoms with Crippen molar-refractivity contribution in [2.75, 3.05) is 64.9 Å². The van der Waals surface area contributed by atoms with E-state index in [1.165, 1.54) is 38.1 Å². The third-order valence-electron chi connectivity index (χ3n) is 8.97. The second-order valence-electron chi connectivity index (χ2n) is 12.1. The van der Waals surface area contributed by atoms with Gasteiger partial charge in [-0.05, 0) is 93.6 Å². The Bertz CT molecular complexity index is 1180. The zero-order valence-corrected chi connectivity index (χ0v) is 27.7. The van der Waals surface area contributed by atoms with E-state index in [0.29, 0.717) is 56.6 Å². The molecule has 5 rings (SSSR count). The van der Waals surface area contributed by atoms with Crippen molar-refractivity contribution in [3.63, 3.8) is 0 Å². The summed E-state index contributed by atoms with van der Waals surface area (Å²) in [6.07, 6.45) is 2.02. The number of carbonyl (C=O) groups excluding carboxylic acids is 1. The third kappa shape index (κ3) is 12.8. The predicted molar refractivity (Wildman–Crippen MR) is 177 cm³/mol. The summed E-state index contributed by atoms with van der Waals surface area (Å²) in [7, 11) is 2.58. The number of aliphatic hydroxyl groups excluding tert-OH is 1. The number of halogens is 4. The summed E-state index contributed by atoms with van der Waals surface area (Å²) < 4.78 is 65.9. The van der Waals surface area contributed by atoms with Gasteiger partial charge in [0.25, 0.3) is 0 Å². The Balaban J connectivity index is 0.000000770. The van der Waals surface area contributed by atoms with Crippen LogP contribution in [-0.4, -0.2) is 83.8 Å². The Kier molecular flexibility index (Phi) is 16.6. The molecule has 47 heavy (non-hydrogen) atoms. The van der Waals surface area contributed by atoms with Crippen LogP contribution in [0.4, 0.5) is 23.2 Å². The monoisotopic (exact) mass is 668 g/mol. The molecule has 1 saturated carbocycles. The molecule has 2 aliphatic heterocycles. The first kappa shape index (κ1) is 38.4. The Labute approximate surface area is 276 Å². The van der Waals surface area contributed by atoms with Crippen LogP contribution in [0.25, 0.3) is 0 Å². The topological polar surface area (TPSA) is 95.1 Å². The fourth-order valence-electron chi connectivity index (χ4n) is 6.42. The van der Waals surface area contributed by atoms with Gasteiger partial charge in [-0.2, -0.15) is 13.2 Å². The number of hydrogen-bond donors (Lipinski definition) is 4. The van der Waals surface area contributed by atoms with Crippen molar-refractivity contribution >= 4 is 12.1 Å². The van der Waals surface area contributed by atoms with Crippen molar-refractivity contribution < 1.29 is 36.9 Å². The average Bonchev–Trinajstić information content (AvgIpc) is 3.69. The summed E-state index contributed by atoms with van der Waals surface area (Å²) in [5.41, 5.74) is 2.76. The van der Waals surface area contributed by atoms with Gasteiger partial charge in [-0.15, -0.1) is 0 Å². The number of nitrogens with zero attached hydrogens (tertiary/aromatic N) is 1. The number of alkyl halides is 3. The molecule has 4 N–H and O–H groups in total. The highest BCUT2D eigenvalue weighted by Gasteiger charge is 2.41. The maximum Gasteiger partial charge on any atom is 0.391 e. The Morgan fingerprint density at radius 1 is 0.979 bits per heavy atom. The largest absolute Gasteiger partial charge is 0.496 e. The number of aliphatic hydroxyl groups is 1. The summed E-state index contributed by atoms with van der Waals surface area (Å²) >= 11 is 0. The number of nitrogens with one attached hydrogen (secondary N) is 3. The highest BCUT2D eigenvalue weighted by molar-refractivity contribution is 5.52. The summed E-state index contributed by atoms with van der Waals surface area (Å²) in [5.74, 6) is -0.432. The second-order valence-corrected chi connectivity index (χ2v) is 12.1. The molecule has 0 aromatic heterocycles. The van der Waals surface area contributed by atoms with Crippen molar-refractivity contribution in [3.8, 4) is 11.5 Å². The number of aryl methyl sites for hydroxylation is 1. The molecule has 2 heterocycles. The van der Waals surface area contributed by atoms with Crippen LogP contribution in [0.15, 0.2) is 36.4 Å². The average molecular weight is 669 g/mol. The quantitative estimate of drug-likeness (QED) is 0.133. The van der Waals surface area contributed by atoms with Crippen molar-refractivity contribution in [2.45, 2.75) is 76.0 Å². The number of hydrogen-bond acceptors (Lipinski definition) is 7. The SMILES string of the molecule is C1CCNC1.CO.COc1ccc(CCC(CCNC=O)Oc2cc(F)cc(N3CCNCC3)c2)cc1C1CCC(C(F)(F)F)CC1. The van der Waals surface area contributed by atoms with Gasteiger partial charge in [0, 0.05) is 64.1 Å². The highest BCUT2D eigenvalue weighted by atomic mass is 19.4. The van der Waals surface area contributed by atoms with Gasteiger partial charge in [-0.3, -0.25) is 4.79 Å². The minimum atomic E-state index is -4.14. The van der Waals surface area contributed by atoms with Crippen molar-refractivity contribution in [3.05, 3.63) is 53.3 Å². The molecule has 1 unspecified atom stereocenters. The molecule has 3 aliphatic rings. The van der Waals surface area contributed by atoms with Crippen molar-refractivity contribution in [1.29, 1.82) is 0 Å². The molecule has 264 valence electrons. The van der Waals surface area contributed by atoms with E-state index in [1.807, 2.05) is 24.3 Å². The van der Waals surface area contributed by atoms with E-state index >= 15 is 0 Å². The fraction of sp³-hybridized carbons (Fsp3) is 0.629. The van der Waals surface area contributed by atoms with E-state index in [1.54, 1.807) is 7.11 Å². The molecule has 0 bridgehead atoms. The smallest absolute Gasteiger partial charge is 0.391 e.